The van der Waals surface area contributed by atoms with E-state index in [1.807, 2.05) is 12.3 Å². The summed E-state index contributed by atoms with van der Waals surface area (Å²) in [5.74, 6) is 0. The highest BCUT2D eigenvalue weighted by molar-refractivity contribution is 9.15. The number of aromatic nitrogens is 2. The number of halogens is 1. The molecule has 3 heteroatoms. The van der Waals surface area contributed by atoms with Crippen LogP contribution >= 0.6 is 15.9 Å². The number of fused-ring (bicyclic) bond motifs is 1. The van der Waals surface area contributed by atoms with Crippen molar-refractivity contribution < 1.29 is 0 Å². The Kier molecular flexibility index (Phi) is 5.86. The summed E-state index contributed by atoms with van der Waals surface area (Å²) in [5, 5.41) is 1.19. The maximum Gasteiger partial charge on any atom is 0.138 e. The predicted molar refractivity (Wildman–Crippen MR) is 83.9 cm³/mol. The minimum atomic E-state index is 0.968. The average molecular weight is 307 g/mol. The van der Waals surface area contributed by atoms with E-state index in [2.05, 4.69) is 65.0 Å². The fraction of sp³-hybridized carbons (Fsp3) is 0.267. The van der Waals surface area contributed by atoms with Crippen LogP contribution in [0.3, 0.4) is 0 Å². The van der Waals surface area contributed by atoms with E-state index in [0.29, 0.717) is 0 Å². The first-order valence-corrected chi connectivity index (χ1v) is 6.88. The normalized spacial score (nSPS) is 11.2. The summed E-state index contributed by atoms with van der Waals surface area (Å²) in [6.07, 6.45) is 6.02. The number of allylic oxidation sites excluding steroid dienone is 1. The van der Waals surface area contributed by atoms with Crippen molar-refractivity contribution in [1.82, 2.24) is 9.97 Å². The van der Waals surface area contributed by atoms with E-state index in [4.69, 9.17) is 0 Å². The van der Waals surface area contributed by atoms with Crippen molar-refractivity contribution in [3.8, 4) is 0 Å². The zero-order valence-corrected chi connectivity index (χ0v) is 12.5. The molecule has 0 amide bonds. The molecule has 2 rings (SSSR count). The van der Waals surface area contributed by atoms with Gasteiger partial charge in [0.15, 0.2) is 0 Å². The topological polar surface area (TPSA) is 28.7 Å². The van der Waals surface area contributed by atoms with Crippen molar-refractivity contribution in [1.29, 1.82) is 0 Å². The third kappa shape index (κ3) is 2.91. The first-order valence-electron chi connectivity index (χ1n) is 6.09. The number of H-pyrrole nitrogens is 1. The fourth-order valence-corrected chi connectivity index (χ4v) is 2.67. The zero-order valence-electron chi connectivity index (χ0n) is 11.0. The summed E-state index contributed by atoms with van der Waals surface area (Å²) in [5.41, 5.74) is 3.47. The Bertz CT molecular complexity index is 540. The molecular weight excluding hydrogens is 288 g/mol. The van der Waals surface area contributed by atoms with Crippen molar-refractivity contribution in [2.45, 2.75) is 26.7 Å². The molecule has 2 heterocycles. The van der Waals surface area contributed by atoms with E-state index in [-0.39, 0.29) is 0 Å². The predicted octanol–water partition coefficient (Wildman–Crippen LogP) is 5.07. The number of aryl methyl sites for hydroxylation is 1. The molecule has 0 radical (unpaired) electrons. The molecule has 0 spiro atoms. The van der Waals surface area contributed by atoms with Gasteiger partial charge in [-0.2, -0.15) is 0 Å². The molecule has 0 fully saturated rings. The van der Waals surface area contributed by atoms with Gasteiger partial charge in [0.25, 0.3) is 0 Å². The van der Waals surface area contributed by atoms with Gasteiger partial charge in [0.2, 0.25) is 0 Å². The van der Waals surface area contributed by atoms with Crippen LogP contribution < -0.4 is 0 Å². The minimum Gasteiger partial charge on any atom is -0.343 e. The van der Waals surface area contributed by atoms with Crippen molar-refractivity contribution in [2.75, 3.05) is 0 Å². The summed E-state index contributed by atoms with van der Waals surface area (Å²) in [6.45, 7) is 10.3. The summed E-state index contributed by atoms with van der Waals surface area (Å²) >= 11 is 3.65. The molecule has 2 aromatic heterocycles. The van der Waals surface area contributed by atoms with Gasteiger partial charge in [-0.1, -0.05) is 35.9 Å². The van der Waals surface area contributed by atoms with Crippen molar-refractivity contribution >= 4 is 31.4 Å². The lowest BCUT2D eigenvalue weighted by Gasteiger charge is -2.01. The van der Waals surface area contributed by atoms with E-state index >= 15 is 0 Å². The minimum absolute atomic E-state index is 0.968. The Morgan fingerprint density at radius 2 is 2.17 bits per heavy atom. The Morgan fingerprint density at radius 3 is 2.78 bits per heavy atom. The molecule has 0 atom stereocenters. The maximum atomic E-state index is 4.35. The number of hydrogen-bond donors (Lipinski definition) is 1. The van der Waals surface area contributed by atoms with Crippen molar-refractivity contribution in [3.63, 3.8) is 0 Å². The summed E-state index contributed by atoms with van der Waals surface area (Å²) in [6, 6.07) is 4.09. The van der Waals surface area contributed by atoms with Crippen molar-refractivity contribution in [2.24, 2.45) is 0 Å². The Labute approximate surface area is 117 Å². The lowest BCUT2D eigenvalue weighted by atomic mass is 10.1. The van der Waals surface area contributed by atoms with Crippen LogP contribution in [0.4, 0.5) is 0 Å². The molecule has 0 saturated heterocycles. The number of hydrogen-bond acceptors (Lipinski definition) is 1. The molecule has 0 aliphatic carbocycles. The van der Waals surface area contributed by atoms with Gasteiger partial charge in [0.05, 0.1) is 0 Å². The average Bonchev–Trinajstić information content (AvgIpc) is 2.79. The number of aromatic amines is 1. The summed E-state index contributed by atoms with van der Waals surface area (Å²) in [7, 11) is 0. The largest absolute Gasteiger partial charge is 0.343 e. The second-order valence-corrected chi connectivity index (χ2v) is 4.55. The van der Waals surface area contributed by atoms with E-state index < -0.39 is 0 Å². The van der Waals surface area contributed by atoms with Crippen LogP contribution in [0.25, 0.3) is 15.5 Å². The lowest BCUT2D eigenvalue weighted by Crippen LogP contribution is -1.85. The first-order chi connectivity index (χ1) is 8.77. The van der Waals surface area contributed by atoms with Gasteiger partial charge < -0.3 is 4.98 Å². The Balaban J connectivity index is 0.000000771. The molecule has 2 nitrogen and oxygen atoms in total. The van der Waals surface area contributed by atoms with Crippen LogP contribution in [0.1, 0.15) is 31.5 Å². The van der Waals surface area contributed by atoms with Gasteiger partial charge in [-0.05, 0) is 25.0 Å². The number of rotatable bonds is 3. The van der Waals surface area contributed by atoms with E-state index in [0.717, 1.165) is 23.0 Å². The second kappa shape index (κ2) is 7.17. The summed E-state index contributed by atoms with van der Waals surface area (Å²) < 4.78 is 1.16. The molecule has 0 aromatic carbocycles. The fourth-order valence-electron chi connectivity index (χ4n) is 1.89. The van der Waals surface area contributed by atoms with Gasteiger partial charge in [-0.15, -0.1) is 13.2 Å². The summed E-state index contributed by atoms with van der Waals surface area (Å²) in [4.78, 5) is 7.72. The standard InChI is InChI=1S/C13H15BrN2.C2H4/c1-3-6-10(14)12-9-7-5-8-15-13(9)16-11(12)4-2;1-2/h5-8H,3-4H2,1-2H3,(H,15,16);1-2H2/b10-6+;. The van der Waals surface area contributed by atoms with Crippen molar-refractivity contribution in [3.05, 3.63) is 48.8 Å². The second-order valence-electron chi connectivity index (χ2n) is 3.69. The monoisotopic (exact) mass is 306 g/mol. The van der Waals surface area contributed by atoms with E-state index in [1.54, 1.807) is 0 Å². The number of pyridine rings is 1. The quantitative estimate of drug-likeness (QED) is 0.788. The molecule has 2 aromatic rings. The van der Waals surface area contributed by atoms with Gasteiger partial charge in [-0.3, -0.25) is 0 Å². The van der Waals surface area contributed by atoms with Gasteiger partial charge in [0.1, 0.15) is 5.65 Å². The highest BCUT2D eigenvalue weighted by Gasteiger charge is 2.12. The van der Waals surface area contributed by atoms with Crippen LogP contribution in [0.2, 0.25) is 0 Å². The lowest BCUT2D eigenvalue weighted by molar-refractivity contribution is 1.06. The van der Waals surface area contributed by atoms with Gasteiger partial charge in [-0.25, -0.2) is 4.98 Å². The first kappa shape index (κ1) is 14.7. The number of nitrogens with one attached hydrogen (secondary N) is 1. The highest BCUT2D eigenvalue weighted by atomic mass is 79.9. The third-order valence-electron chi connectivity index (χ3n) is 2.62. The van der Waals surface area contributed by atoms with E-state index in [1.165, 1.54) is 16.6 Å². The van der Waals surface area contributed by atoms with Crippen LogP contribution in [0.5, 0.6) is 0 Å². The molecular formula is C15H19BrN2. The number of nitrogens with zero attached hydrogens (tertiary/aromatic N) is 1. The molecule has 96 valence electrons. The van der Waals surface area contributed by atoms with Crippen LogP contribution in [-0.2, 0) is 6.42 Å². The SMILES string of the molecule is C=C.CC/C=C(/Br)c1c(CC)[nH]c2ncccc12. The molecule has 1 N–H and O–H groups in total. The maximum absolute atomic E-state index is 4.35. The molecule has 0 saturated carbocycles. The van der Waals surface area contributed by atoms with Crippen LogP contribution in [0, 0.1) is 0 Å². The zero-order chi connectivity index (χ0) is 13.5. The highest BCUT2D eigenvalue weighted by Crippen LogP contribution is 2.32. The molecule has 0 aliphatic heterocycles. The Hall–Kier alpha value is -1.35. The van der Waals surface area contributed by atoms with Gasteiger partial charge in [0, 0.05) is 27.3 Å². The molecule has 18 heavy (non-hydrogen) atoms. The van der Waals surface area contributed by atoms with Crippen LogP contribution in [0.15, 0.2) is 37.6 Å². The van der Waals surface area contributed by atoms with E-state index in [9.17, 15) is 0 Å². The molecule has 0 bridgehead atoms. The van der Waals surface area contributed by atoms with Crippen LogP contribution in [-0.4, -0.2) is 9.97 Å². The van der Waals surface area contributed by atoms with Gasteiger partial charge >= 0.3 is 0 Å². The Morgan fingerprint density at radius 1 is 1.44 bits per heavy atom. The smallest absolute Gasteiger partial charge is 0.138 e. The molecule has 0 aliphatic rings. The third-order valence-corrected chi connectivity index (χ3v) is 3.34. The molecule has 0 unspecified atom stereocenters.